The van der Waals surface area contributed by atoms with Crippen molar-refractivity contribution in [3.8, 4) is 5.75 Å². The Hall–Kier alpha value is -1.06. The maximum Gasteiger partial charge on any atom is 0.119 e. The van der Waals surface area contributed by atoms with Gasteiger partial charge in [0, 0.05) is 20.6 Å². The van der Waals surface area contributed by atoms with Gasteiger partial charge >= 0.3 is 0 Å². The van der Waals surface area contributed by atoms with Crippen LogP contribution in [0.2, 0.25) is 0 Å². The van der Waals surface area contributed by atoms with Gasteiger partial charge in [-0.3, -0.25) is 10.4 Å². The Morgan fingerprint density at radius 3 is 2.79 bits per heavy atom. The van der Waals surface area contributed by atoms with E-state index in [1.54, 1.807) is 7.11 Å². The lowest BCUT2D eigenvalue weighted by molar-refractivity contribution is 0.217. The number of nitrogens with one attached hydrogen (secondary N) is 1. The third-order valence-corrected chi connectivity index (χ3v) is 4.10. The Bertz CT molecular complexity index is 392. The second-order valence-electron chi connectivity index (χ2n) is 5.68. The summed E-state index contributed by atoms with van der Waals surface area (Å²) in [4.78, 5) is 0. The van der Waals surface area contributed by atoms with E-state index >= 15 is 0 Å². The van der Waals surface area contributed by atoms with Gasteiger partial charge in [0.05, 0.1) is 7.11 Å². The van der Waals surface area contributed by atoms with Crippen LogP contribution in [0.15, 0.2) is 24.3 Å². The van der Waals surface area contributed by atoms with Crippen LogP contribution in [0.4, 0.5) is 0 Å². The van der Waals surface area contributed by atoms with Crippen molar-refractivity contribution >= 4 is 0 Å². The van der Waals surface area contributed by atoms with E-state index in [-0.39, 0.29) is 0 Å². The quantitative estimate of drug-likeness (QED) is 0.826. The molecule has 0 heterocycles. The lowest BCUT2D eigenvalue weighted by Gasteiger charge is -2.33. The molecule has 19 heavy (non-hydrogen) atoms. The molecule has 0 aliphatic heterocycles. The third kappa shape index (κ3) is 3.95. The minimum Gasteiger partial charge on any atom is -0.497 e. The van der Waals surface area contributed by atoms with Gasteiger partial charge < -0.3 is 4.74 Å². The first-order valence-electron chi connectivity index (χ1n) is 7.25. The monoisotopic (exact) mass is 262 g/mol. The smallest absolute Gasteiger partial charge is 0.119 e. The van der Waals surface area contributed by atoms with Crippen molar-refractivity contribution in [1.29, 1.82) is 0 Å². The summed E-state index contributed by atoms with van der Waals surface area (Å²) >= 11 is 0. The molecule has 2 rings (SSSR count). The predicted molar refractivity (Wildman–Crippen MR) is 79.4 cm³/mol. The molecule has 0 radical (unpaired) electrons. The van der Waals surface area contributed by atoms with E-state index < -0.39 is 0 Å². The molecular formula is C16H26N2O. The molecule has 0 bridgehead atoms. The fraction of sp³-hybridized carbons (Fsp3) is 0.625. The summed E-state index contributed by atoms with van der Waals surface area (Å²) in [5, 5.41) is 2.05. The number of methoxy groups -OCH3 is 1. The second kappa shape index (κ2) is 6.92. The molecule has 2 unspecified atom stereocenters. The standard InChI is InChI=1S/C16H26N2O/c1-18(2)17-12-14-7-4-5-10-16(14)13-8-6-9-15(11-13)19-3/h6,8-9,11,14,16-17H,4-5,7,10,12H2,1-3H3. The van der Waals surface area contributed by atoms with Gasteiger partial charge in [0.15, 0.2) is 0 Å². The molecule has 1 fully saturated rings. The number of ether oxygens (including phenoxy) is 1. The maximum atomic E-state index is 5.36. The average molecular weight is 262 g/mol. The highest BCUT2D eigenvalue weighted by Crippen LogP contribution is 2.38. The van der Waals surface area contributed by atoms with Crippen molar-refractivity contribution in [3.63, 3.8) is 0 Å². The summed E-state index contributed by atoms with van der Waals surface area (Å²) in [5.74, 6) is 2.36. The lowest BCUT2D eigenvalue weighted by atomic mass is 9.75. The third-order valence-electron chi connectivity index (χ3n) is 4.10. The van der Waals surface area contributed by atoms with E-state index in [1.807, 2.05) is 6.07 Å². The molecule has 0 saturated heterocycles. The van der Waals surface area contributed by atoms with Gasteiger partial charge in [-0.2, -0.15) is 0 Å². The molecule has 1 aliphatic carbocycles. The van der Waals surface area contributed by atoms with E-state index in [2.05, 4.69) is 42.7 Å². The van der Waals surface area contributed by atoms with E-state index in [0.717, 1.165) is 18.2 Å². The zero-order chi connectivity index (χ0) is 13.7. The Morgan fingerprint density at radius 2 is 2.05 bits per heavy atom. The minimum atomic E-state index is 0.663. The fourth-order valence-electron chi connectivity index (χ4n) is 3.06. The summed E-state index contributed by atoms with van der Waals surface area (Å²) < 4.78 is 5.36. The Labute approximate surface area is 116 Å². The van der Waals surface area contributed by atoms with Crippen LogP contribution in [0.1, 0.15) is 37.2 Å². The lowest BCUT2D eigenvalue weighted by Crippen LogP contribution is -2.37. The highest BCUT2D eigenvalue weighted by Gasteiger charge is 2.26. The van der Waals surface area contributed by atoms with Crippen LogP contribution < -0.4 is 10.2 Å². The molecule has 1 N–H and O–H groups in total. The Balaban J connectivity index is 2.09. The van der Waals surface area contributed by atoms with Crippen LogP contribution in [0.3, 0.4) is 0 Å². The molecule has 2 atom stereocenters. The molecule has 1 saturated carbocycles. The first-order valence-corrected chi connectivity index (χ1v) is 7.25. The van der Waals surface area contributed by atoms with Gasteiger partial charge in [-0.15, -0.1) is 0 Å². The fourth-order valence-corrected chi connectivity index (χ4v) is 3.06. The summed E-state index contributed by atoms with van der Waals surface area (Å²) in [6, 6.07) is 8.60. The van der Waals surface area contributed by atoms with Crippen molar-refractivity contribution in [1.82, 2.24) is 10.4 Å². The highest BCUT2D eigenvalue weighted by atomic mass is 16.5. The average Bonchev–Trinajstić information content (AvgIpc) is 2.45. The molecule has 3 heteroatoms. The van der Waals surface area contributed by atoms with Gasteiger partial charge in [0.25, 0.3) is 0 Å². The molecule has 0 amide bonds. The van der Waals surface area contributed by atoms with Crippen molar-refractivity contribution < 1.29 is 4.74 Å². The van der Waals surface area contributed by atoms with Crippen molar-refractivity contribution in [2.75, 3.05) is 27.7 Å². The molecule has 1 aromatic carbocycles. The van der Waals surface area contributed by atoms with Gasteiger partial charge in [0.2, 0.25) is 0 Å². The van der Waals surface area contributed by atoms with Crippen LogP contribution in [-0.2, 0) is 0 Å². The number of nitrogens with zero attached hydrogens (tertiary/aromatic N) is 1. The number of hydrogen-bond donors (Lipinski definition) is 1. The molecule has 3 nitrogen and oxygen atoms in total. The zero-order valence-corrected chi connectivity index (χ0v) is 12.4. The Kier molecular flexibility index (Phi) is 5.23. The van der Waals surface area contributed by atoms with Gasteiger partial charge in [-0.25, -0.2) is 0 Å². The highest BCUT2D eigenvalue weighted by molar-refractivity contribution is 5.31. The van der Waals surface area contributed by atoms with E-state index in [9.17, 15) is 0 Å². The summed E-state index contributed by atoms with van der Waals surface area (Å²) in [6.07, 6.45) is 5.33. The van der Waals surface area contributed by atoms with Crippen molar-refractivity contribution in [2.24, 2.45) is 5.92 Å². The summed E-state index contributed by atoms with van der Waals surface area (Å²) in [7, 11) is 5.86. The predicted octanol–water partition coefficient (Wildman–Crippen LogP) is 3.04. The maximum absolute atomic E-state index is 5.36. The van der Waals surface area contributed by atoms with Gasteiger partial charge in [-0.1, -0.05) is 25.0 Å². The second-order valence-corrected chi connectivity index (χ2v) is 5.68. The van der Waals surface area contributed by atoms with E-state index in [0.29, 0.717) is 5.92 Å². The first kappa shape index (κ1) is 14.4. The molecule has 1 aromatic rings. The van der Waals surface area contributed by atoms with E-state index in [4.69, 9.17) is 4.74 Å². The SMILES string of the molecule is COc1cccc(C2CCCCC2CNN(C)C)c1. The van der Waals surface area contributed by atoms with Crippen molar-refractivity contribution in [2.45, 2.75) is 31.6 Å². The van der Waals surface area contributed by atoms with Crippen LogP contribution >= 0.6 is 0 Å². The Morgan fingerprint density at radius 1 is 1.26 bits per heavy atom. The minimum absolute atomic E-state index is 0.663. The first-order chi connectivity index (χ1) is 9.20. The zero-order valence-electron chi connectivity index (χ0n) is 12.4. The number of hydrazine groups is 1. The normalized spacial score (nSPS) is 23.6. The molecular weight excluding hydrogens is 236 g/mol. The number of benzene rings is 1. The van der Waals surface area contributed by atoms with Gasteiger partial charge in [-0.05, 0) is 42.4 Å². The molecule has 106 valence electrons. The number of hydrogen-bond acceptors (Lipinski definition) is 3. The molecule has 1 aliphatic rings. The summed E-state index contributed by atoms with van der Waals surface area (Å²) in [5.41, 5.74) is 4.88. The van der Waals surface area contributed by atoms with Gasteiger partial charge in [0.1, 0.15) is 5.75 Å². The van der Waals surface area contributed by atoms with Crippen LogP contribution in [0, 0.1) is 5.92 Å². The number of rotatable bonds is 5. The van der Waals surface area contributed by atoms with E-state index in [1.165, 1.54) is 31.2 Å². The molecule has 0 spiro atoms. The van der Waals surface area contributed by atoms with Crippen molar-refractivity contribution in [3.05, 3.63) is 29.8 Å². The van der Waals surface area contributed by atoms with Crippen LogP contribution in [0.5, 0.6) is 5.75 Å². The van der Waals surface area contributed by atoms with Crippen LogP contribution in [-0.4, -0.2) is 32.8 Å². The summed E-state index contributed by atoms with van der Waals surface area (Å²) in [6.45, 7) is 1.06. The van der Waals surface area contributed by atoms with Crippen LogP contribution in [0.25, 0.3) is 0 Å². The topological polar surface area (TPSA) is 24.5 Å². The molecule has 0 aromatic heterocycles. The largest absolute Gasteiger partial charge is 0.497 e.